The zero-order valence-electron chi connectivity index (χ0n) is 8.20. The Morgan fingerprint density at radius 3 is 2.33 bits per heavy atom. The van der Waals surface area contributed by atoms with Gasteiger partial charge in [0.1, 0.15) is 0 Å². The van der Waals surface area contributed by atoms with E-state index in [9.17, 15) is 0 Å². The van der Waals surface area contributed by atoms with Crippen molar-refractivity contribution in [1.29, 1.82) is 0 Å². The van der Waals surface area contributed by atoms with Crippen molar-refractivity contribution in [3.05, 3.63) is 30.5 Å². The van der Waals surface area contributed by atoms with Gasteiger partial charge in [0.15, 0.2) is 0 Å². The van der Waals surface area contributed by atoms with E-state index >= 15 is 0 Å². The number of aryl methyl sites for hydroxylation is 1. The molecule has 0 saturated carbocycles. The standard InChI is InChI=1S/C9H10BN3O2/c1-13-9(6-11-12-13)7-2-4-8(5-3-7)10(14)15/h2-6,14-15H,1H3. The Labute approximate surface area is 87.1 Å². The minimum Gasteiger partial charge on any atom is -0.423 e. The van der Waals surface area contributed by atoms with E-state index in [0.29, 0.717) is 5.46 Å². The monoisotopic (exact) mass is 203 g/mol. The molecule has 0 saturated heterocycles. The Balaban J connectivity index is 2.36. The van der Waals surface area contributed by atoms with Gasteiger partial charge in [0.2, 0.25) is 0 Å². The third-order valence-corrected chi connectivity index (χ3v) is 2.22. The summed E-state index contributed by atoms with van der Waals surface area (Å²) in [6, 6.07) is 6.92. The third-order valence-electron chi connectivity index (χ3n) is 2.22. The lowest BCUT2D eigenvalue weighted by molar-refractivity contribution is 0.426. The fourth-order valence-corrected chi connectivity index (χ4v) is 1.38. The topological polar surface area (TPSA) is 71.2 Å². The van der Waals surface area contributed by atoms with Crippen LogP contribution in [0, 0.1) is 0 Å². The van der Waals surface area contributed by atoms with Crippen LogP contribution in [0.4, 0.5) is 0 Å². The quantitative estimate of drug-likeness (QED) is 0.624. The molecular formula is C9H10BN3O2. The summed E-state index contributed by atoms with van der Waals surface area (Å²) in [5, 5.41) is 25.4. The van der Waals surface area contributed by atoms with E-state index in [0.717, 1.165) is 11.3 Å². The van der Waals surface area contributed by atoms with Crippen LogP contribution in [0.3, 0.4) is 0 Å². The van der Waals surface area contributed by atoms with Gasteiger partial charge in [-0.05, 0) is 5.46 Å². The first-order valence-electron chi connectivity index (χ1n) is 4.49. The van der Waals surface area contributed by atoms with Gasteiger partial charge in [-0.25, -0.2) is 4.68 Å². The van der Waals surface area contributed by atoms with Gasteiger partial charge in [-0.15, -0.1) is 5.10 Å². The molecule has 1 aromatic carbocycles. The van der Waals surface area contributed by atoms with Crippen molar-refractivity contribution in [1.82, 2.24) is 15.0 Å². The van der Waals surface area contributed by atoms with Crippen LogP contribution in [0.1, 0.15) is 0 Å². The predicted molar refractivity (Wildman–Crippen MR) is 56.3 cm³/mol. The second-order valence-corrected chi connectivity index (χ2v) is 3.24. The molecule has 1 heterocycles. The molecule has 0 amide bonds. The average molecular weight is 203 g/mol. The minimum absolute atomic E-state index is 0.467. The molecule has 0 aliphatic rings. The second kappa shape index (κ2) is 3.84. The number of aromatic nitrogens is 3. The smallest absolute Gasteiger partial charge is 0.423 e. The summed E-state index contributed by atoms with van der Waals surface area (Å²) < 4.78 is 1.66. The summed E-state index contributed by atoms with van der Waals surface area (Å²) >= 11 is 0. The van der Waals surface area contributed by atoms with Crippen LogP contribution in [-0.2, 0) is 7.05 Å². The van der Waals surface area contributed by atoms with Crippen LogP contribution in [0.15, 0.2) is 30.5 Å². The maximum atomic E-state index is 8.93. The zero-order chi connectivity index (χ0) is 10.8. The molecule has 0 aliphatic heterocycles. The van der Waals surface area contributed by atoms with Gasteiger partial charge in [0.25, 0.3) is 0 Å². The SMILES string of the molecule is Cn1nncc1-c1ccc(B(O)O)cc1. The molecule has 2 rings (SSSR count). The average Bonchev–Trinajstić information content (AvgIpc) is 2.65. The van der Waals surface area contributed by atoms with Gasteiger partial charge in [-0.3, -0.25) is 0 Å². The Hall–Kier alpha value is -1.66. The van der Waals surface area contributed by atoms with E-state index in [1.165, 1.54) is 0 Å². The van der Waals surface area contributed by atoms with Gasteiger partial charge < -0.3 is 10.0 Å². The fraction of sp³-hybridized carbons (Fsp3) is 0.111. The van der Waals surface area contributed by atoms with Crippen LogP contribution in [-0.4, -0.2) is 32.2 Å². The second-order valence-electron chi connectivity index (χ2n) is 3.24. The van der Waals surface area contributed by atoms with Crippen LogP contribution >= 0.6 is 0 Å². The molecule has 0 bridgehead atoms. The molecule has 0 unspecified atom stereocenters. The first kappa shape index (κ1) is 9.88. The molecule has 15 heavy (non-hydrogen) atoms. The van der Waals surface area contributed by atoms with Crippen LogP contribution in [0.25, 0.3) is 11.3 Å². The van der Waals surface area contributed by atoms with Crippen molar-refractivity contribution in [2.24, 2.45) is 7.05 Å². The summed E-state index contributed by atoms with van der Waals surface area (Å²) in [6.45, 7) is 0. The van der Waals surface area contributed by atoms with E-state index in [2.05, 4.69) is 10.3 Å². The molecule has 1 aromatic heterocycles. The van der Waals surface area contributed by atoms with Crippen molar-refractivity contribution in [3.8, 4) is 11.3 Å². The highest BCUT2D eigenvalue weighted by molar-refractivity contribution is 6.58. The molecule has 6 heteroatoms. The molecule has 76 valence electrons. The highest BCUT2D eigenvalue weighted by Crippen LogP contribution is 2.15. The van der Waals surface area contributed by atoms with Crippen molar-refractivity contribution < 1.29 is 10.0 Å². The lowest BCUT2D eigenvalue weighted by Crippen LogP contribution is -2.29. The maximum Gasteiger partial charge on any atom is 0.488 e. The summed E-state index contributed by atoms with van der Waals surface area (Å²) in [5.74, 6) is 0. The summed E-state index contributed by atoms with van der Waals surface area (Å²) in [5.41, 5.74) is 2.29. The molecule has 0 atom stereocenters. The number of benzene rings is 1. The molecule has 0 spiro atoms. The van der Waals surface area contributed by atoms with Crippen molar-refractivity contribution in [2.75, 3.05) is 0 Å². The lowest BCUT2D eigenvalue weighted by Gasteiger charge is -2.02. The first-order valence-corrected chi connectivity index (χ1v) is 4.49. The molecule has 2 N–H and O–H groups in total. The van der Waals surface area contributed by atoms with Crippen LogP contribution in [0.5, 0.6) is 0 Å². The zero-order valence-corrected chi connectivity index (χ0v) is 8.20. The molecular weight excluding hydrogens is 193 g/mol. The summed E-state index contributed by atoms with van der Waals surface area (Å²) in [7, 11) is 0.376. The third kappa shape index (κ3) is 1.90. The summed E-state index contributed by atoms with van der Waals surface area (Å²) in [4.78, 5) is 0. The number of hydrogen-bond donors (Lipinski definition) is 2. The molecule has 0 aliphatic carbocycles. The Morgan fingerprint density at radius 1 is 1.20 bits per heavy atom. The van der Waals surface area contributed by atoms with Crippen LogP contribution < -0.4 is 5.46 Å². The number of rotatable bonds is 2. The van der Waals surface area contributed by atoms with E-state index in [4.69, 9.17) is 10.0 Å². The van der Waals surface area contributed by atoms with Gasteiger partial charge >= 0.3 is 7.12 Å². The Kier molecular flexibility index (Phi) is 2.53. The summed E-state index contributed by atoms with van der Waals surface area (Å²) in [6.07, 6.45) is 1.66. The van der Waals surface area contributed by atoms with Crippen molar-refractivity contribution >= 4 is 12.6 Å². The number of nitrogens with zero attached hydrogens (tertiary/aromatic N) is 3. The highest BCUT2D eigenvalue weighted by Gasteiger charge is 2.10. The molecule has 0 radical (unpaired) electrons. The van der Waals surface area contributed by atoms with Gasteiger partial charge in [-0.1, -0.05) is 29.5 Å². The van der Waals surface area contributed by atoms with E-state index < -0.39 is 7.12 Å². The van der Waals surface area contributed by atoms with Gasteiger partial charge in [0.05, 0.1) is 11.9 Å². The molecule has 5 nitrogen and oxygen atoms in total. The highest BCUT2D eigenvalue weighted by atomic mass is 16.4. The van der Waals surface area contributed by atoms with E-state index in [-0.39, 0.29) is 0 Å². The first-order chi connectivity index (χ1) is 7.18. The normalized spacial score (nSPS) is 10.3. The largest absolute Gasteiger partial charge is 0.488 e. The lowest BCUT2D eigenvalue weighted by atomic mass is 9.80. The molecule has 0 fully saturated rings. The number of hydrogen-bond acceptors (Lipinski definition) is 4. The van der Waals surface area contributed by atoms with Crippen LogP contribution in [0.2, 0.25) is 0 Å². The molecule has 2 aromatic rings. The van der Waals surface area contributed by atoms with Gasteiger partial charge in [-0.2, -0.15) is 0 Å². The predicted octanol–water partition coefficient (Wildman–Crippen LogP) is -0.838. The maximum absolute atomic E-state index is 8.93. The Bertz CT molecular complexity index is 453. The van der Waals surface area contributed by atoms with Crippen molar-refractivity contribution in [2.45, 2.75) is 0 Å². The van der Waals surface area contributed by atoms with E-state index in [1.807, 2.05) is 0 Å². The van der Waals surface area contributed by atoms with Gasteiger partial charge in [0, 0.05) is 12.6 Å². The van der Waals surface area contributed by atoms with E-state index in [1.54, 1.807) is 42.2 Å². The Morgan fingerprint density at radius 2 is 1.87 bits per heavy atom. The fourth-order valence-electron chi connectivity index (χ4n) is 1.38. The van der Waals surface area contributed by atoms with Crippen molar-refractivity contribution in [3.63, 3.8) is 0 Å². The minimum atomic E-state index is -1.43.